The average molecular weight is 243 g/mol. The maximum absolute atomic E-state index is 13.2. The summed E-state index contributed by atoms with van der Waals surface area (Å²) in [6.45, 7) is 6.90. The highest BCUT2D eigenvalue weighted by molar-refractivity contribution is 6.30. The van der Waals surface area contributed by atoms with E-state index < -0.39 is 0 Å². The van der Waals surface area contributed by atoms with Crippen molar-refractivity contribution in [1.82, 2.24) is 10.2 Å². The summed E-state index contributed by atoms with van der Waals surface area (Å²) in [5.41, 5.74) is 2.09. The molecule has 0 atom stereocenters. The molecule has 2 rings (SSSR count). The lowest BCUT2D eigenvalue weighted by molar-refractivity contribution is 0.233. The fraction of sp³-hybridized carbons (Fsp3) is 0.500. The van der Waals surface area contributed by atoms with Crippen LogP contribution in [-0.2, 0) is 6.54 Å². The molecule has 1 aliphatic rings. The second-order valence-electron chi connectivity index (χ2n) is 4.22. The van der Waals surface area contributed by atoms with E-state index in [0.717, 1.165) is 43.9 Å². The molecule has 0 saturated carbocycles. The third-order valence-corrected chi connectivity index (χ3v) is 3.27. The minimum atomic E-state index is -0.330. The number of benzene rings is 1. The van der Waals surface area contributed by atoms with E-state index in [1.807, 2.05) is 6.92 Å². The molecule has 16 heavy (non-hydrogen) atoms. The zero-order valence-electron chi connectivity index (χ0n) is 9.39. The van der Waals surface area contributed by atoms with Crippen LogP contribution >= 0.6 is 11.6 Å². The Morgan fingerprint density at radius 2 is 2.06 bits per heavy atom. The Morgan fingerprint density at radius 3 is 2.75 bits per heavy atom. The number of hydrogen-bond acceptors (Lipinski definition) is 2. The van der Waals surface area contributed by atoms with Crippen molar-refractivity contribution in [2.45, 2.75) is 13.5 Å². The highest BCUT2D eigenvalue weighted by Gasteiger charge is 2.12. The summed E-state index contributed by atoms with van der Waals surface area (Å²) >= 11 is 5.80. The Morgan fingerprint density at radius 1 is 1.38 bits per heavy atom. The molecule has 0 aromatic heterocycles. The molecule has 1 aliphatic heterocycles. The van der Waals surface area contributed by atoms with Gasteiger partial charge in [-0.15, -0.1) is 0 Å². The smallest absolute Gasteiger partial charge is 0.142 e. The predicted octanol–water partition coefficient (Wildman–Crippen LogP) is 2.19. The molecule has 1 aromatic rings. The minimum Gasteiger partial charge on any atom is -0.314 e. The molecular formula is C12H16ClFN2. The first kappa shape index (κ1) is 11.8. The zero-order chi connectivity index (χ0) is 11.5. The topological polar surface area (TPSA) is 15.3 Å². The van der Waals surface area contributed by atoms with Gasteiger partial charge in [-0.3, -0.25) is 4.90 Å². The van der Waals surface area contributed by atoms with Crippen LogP contribution in [0.25, 0.3) is 0 Å². The SMILES string of the molecule is Cc1cc(F)c(Cl)cc1CN1CCNCC1. The van der Waals surface area contributed by atoms with Gasteiger partial charge in [0.15, 0.2) is 0 Å². The van der Waals surface area contributed by atoms with Crippen molar-refractivity contribution in [2.75, 3.05) is 26.2 Å². The zero-order valence-corrected chi connectivity index (χ0v) is 10.1. The van der Waals surface area contributed by atoms with Gasteiger partial charge in [-0.1, -0.05) is 11.6 Å². The van der Waals surface area contributed by atoms with Gasteiger partial charge in [-0.2, -0.15) is 0 Å². The summed E-state index contributed by atoms with van der Waals surface area (Å²) in [5, 5.41) is 3.53. The van der Waals surface area contributed by atoms with Gasteiger partial charge in [0.05, 0.1) is 5.02 Å². The Bertz CT molecular complexity index is 376. The van der Waals surface area contributed by atoms with Crippen molar-refractivity contribution in [3.63, 3.8) is 0 Å². The van der Waals surface area contributed by atoms with Crippen LogP contribution in [0.4, 0.5) is 4.39 Å². The molecule has 0 aliphatic carbocycles. The first-order chi connectivity index (χ1) is 7.66. The predicted molar refractivity (Wildman–Crippen MR) is 64.3 cm³/mol. The van der Waals surface area contributed by atoms with Gasteiger partial charge in [-0.25, -0.2) is 4.39 Å². The summed E-state index contributed by atoms with van der Waals surface area (Å²) in [7, 11) is 0. The van der Waals surface area contributed by atoms with E-state index >= 15 is 0 Å². The van der Waals surface area contributed by atoms with Crippen molar-refractivity contribution in [2.24, 2.45) is 0 Å². The fourth-order valence-electron chi connectivity index (χ4n) is 1.97. The van der Waals surface area contributed by atoms with Crippen molar-refractivity contribution < 1.29 is 4.39 Å². The number of nitrogens with zero attached hydrogens (tertiary/aromatic N) is 1. The van der Waals surface area contributed by atoms with Crippen LogP contribution in [-0.4, -0.2) is 31.1 Å². The van der Waals surface area contributed by atoms with Gasteiger partial charge >= 0.3 is 0 Å². The van der Waals surface area contributed by atoms with E-state index in [-0.39, 0.29) is 10.8 Å². The third-order valence-electron chi connectivity index (χ3n) is 2.98. The first-order valence-corrected chi connectivity index (χ1v) is 5.92. The molecule has 0 amide bonds. The van der Waals surface area contributed by atoms with Gasteiger partial charge < -0.3 is 5.32 Å². The maximum Gasteiger partial charge on any atom is 0.142 e. The average Bonchev–Trinajstić information content (AvgIpc) is 2.27. The van der Waals surface area contributed by atoms with Crippen LogP contribution in [0.5, 0.6) is 0 Å². The summed E-state index contributed by atoms with van der Waals surface area (Å²) in [6, 6.07) is 3.26. The minimum absolute atomic E-state index is 0.218. The Kier molecular flexibility index (Phi) is 3.79. The van der Waals surface area contributed by atoms with Gasteiger partial charge in [-0.05, 0) is 30.2 Å². The van der Waals surface area contributed by atoms with Gasteiger partial charge in [0.25, 0.3) is 0 Å². The Labute approximate surface area is 100 Å². The van der Waals surface area contributed by atoms with Crippen molar-refractivity contribution in [1.29, 1.82) is 0 Å². The highest BCUT2D eigenvalue weighted by Crippen LogP contribution is 2.21. The fourth-order valence-corrected chi connectivity index (χ4v) is 2.15. The molecule has 0 spiro atoms. The summed E-state index contributed by atoms with van der Waals surface area (Å²) < 4.78 is 13.2. The normalized spacial score (nSPS) is 17.7. The third kappa shape index (κ3) is 2.73. The van der Waals surface area contributed by atoms with E-state index in [1.54, 1.807) is 6.07 Å². The van der Waals surface area contributed by atoms with E-state index in [4.69, 9.17) is 11.6 Å². The van der Waals surface area contributed by atoms with Crippen LogP contribution in [0, 0.1) is 12.7 Å². The van der Waals surface area contributed by atoms with E-state index in [0.29, 0.717) is 0 Å². The van der Waals surface area contributed by atoms with Crippen LogP contribution in [0.15, 0.2) is 12.1 Å². The number of halogens is 2. The lowest BCUT2D eigenvalue weighted by Crippen LogP contribution is -2.43. The summed E-state index contributed by atoms with van der Waals surface area (Å²) in [6.07, 6.45) is 0. The molecule has 2 nitrogen and oxygen atoms in total. The Hall–Kier alpha value is -0.640. The van der Waals surface area contributed by atoms with Crippen molar-refractivity contribution in [3.8, 4) is 0 Å². The molecule has 1 fully saturated rings. The van der Waals surface area contributed by atoms with Crippen LogP contribution in [0.1, 0.15) is 11.1 Å². The van der Waals surface area contributed by atoms with Crippen LogP contribution < -0.4 is 5.32 Å². The van der Waals surface area contributed by atoms with E-state index in [9.17, 15) is 4.39 Å². The number of hydrogen-bond donors (Lipinski definition) is 1. The Balaban J connectivity index is 2.11. The van der Waals surface area contributed by atoms with Crippen molar-refractivity contribution >= 4 is 11.6 Å². The van der Waals surface area contributed by atoms with Gasteiger partial charge in [0, 0.05) is 32.7 Å². The molecular weight excluding hydrogens is 227 g/mol. The number of piperazine rings is 1. The largest absolute Gasteiger partial charge is 0.314 e. The second-order valence-corrected chi connectivity index (χ2v) is 4.63. The molecule has 0 radical (unpaired) electrons. The molecule has 88 valence electrons. The molecule has 1 N–H and O–H groups in total. The standard InChI is InChI=1S/C12H16ClFN2/c1-9-6-12(14)11(13)7-10(9)8-16-4-2-15-3-5-16/h6-7,15H,2-5,8H2,1H3. The number of rotatable bonds is 2. The number of nitrogens with one attached hydrogen (secondary N) is 1. The molecule has 1 saturated heterocycles. The molecule has 1 heterocycles. The van der Waals surface area contributed by atoms with Gasteiger partial charge in [0.2, 0.25) is 0 Å². The van der Waals surface area contributed by atoms with E-state index in [1.165, 1.54) is 6.07 Å². The number of aryl methyl sites for hydroxylation is 1. The lowest BCUT2D eigenvalue weighted by atomic mass is 10.1. The summed E-state index contributed by atoms with van der Waals surface area (Å²) in [5.74, 6) is -0.330. The highest BCUT2D eigenvalue weighted by atomic mass is 35.5. The summed E-state index contributed by atoms with van der Waals surface area (Å²) in [4.78, 5) is 2.35. The lowest BCUT2D eigenvalue weighted by Gasteiger charge is -2.27. The van der Waals surface area contributed by atoms with Crippen LogP contribution in [0.3, 0.4) is 0 Å². The molecule has 4 heteroatoms. The molecule has 0 bridgehead atoms. The monoisotopic (exact) mass is 242 g/mol. The molecule has 1 aromatic carbocycles. The van der Waals surface area contributed by atoms with Gasteiger partial charge in [0.1, 0.15) is 5.82 Å². The second kappa shape index (κ2) is 5.13. The quantitative estimate of drug-likeness (QED) is 0.856. The maximum atomic E-state index is 13.2. The molecule has 0 unspecified atom stereocenters. The first-order valence-electron chi connectivity index (χ1n) is 5.54. The van der Waals surface area contributed by atoms with E-state index in [2.05, 4.69) is 10.2 Å². The van der Waals surface area contributed by atoms with Crippen molar-refractivity contribution in [3.05, 3.63) is 34.1 Å². The van der Waals surface area contributed by atoms with Crippen LogP contribution in [0.2, 0.25) is 5.02 Å².